The van der Waals surface area contributed by atoms with E-state index in [0.29, 0.717) is 13.0 Å². The Labute approximate surface area is 86.8 Å². The molecule has 0 fully saturated rings. The summed E-state index contributed by atoms with van der Waals surface area (Å²) in [6, 6.07) is 2.26. The maximum atomic E-state index is 9.07. The van der Waals surface area contributed by atoms with Crippen LogP contribution >= 0.6 is 0 Å². The second-order valence-corrected chi connectivity index (χ2v) is 4.25. The van der Waals surface area contributed by atoms with E-state index in [9.17, 15) is 0 Å². The first-order valence-corrected chi connectivity index (χ1v) is 4.71. The molecule has 0 aliphatic heterocycles. The minimum Gasteiger partial charge on any atom is -0.379 e. The molecule has 0 saturated heterocycles. The van der Waals surface area contributed by atoms with Crippen LogP contribution in [0.1, 0.15) is 27.2 Å². The molecular formula is C11H20N2O. The quantitative estimate of drug-likeness (QED) is 0.659. The van der Waals surface area contributed by atoms with Crippen LogP contribution in [0.25, 0.3) is 0 Å². The third-order valence-corrected chi connectivity index (χ3v) is 2.22. The summed E-state index contributed by atoms with van der Waals surface area (Å²) in [6.07, 6.45) is 2.39. The van der Waals surface area contributed by atoms with Gasteiger partial charge in [0.05, 0.1) is 11.7 Å². The van der Waals surface area contributed by atoms with Gasteiger partial charge in [0, 0.05) is 20.1 Å². The second-order valence-electron chi connectivity index (χ2n) is 4.25. The van der Waals surface area contributed by atoms with E-state index in [1.54, 1.807) is 13.2 Å². The number of methoxy groups -OCH3 is 1. The van der Waals surface area contributed by atoms with Crippen LogP contribution in [-0.2, 0) is 4.74 Å². The molecule has 0 saturated carbocycles. The van der Waals surface area contributed by atoms with E-state index in [1.807, 2.05) is 20.8 Å². The number of nitrogens with one attached hydrogen (secondary N) is 1. The Morgan fingerprint density at radius 3 is 2.43 bits per heavy atom. The van der Waals surface area contributed by atoms with Gasteiger partial charge < -0.3 is 4.74 Å². The van der Waals surface area contributed by atoms with Gasteiger partial charge in [0.25, 0.3) is 0 Å². The standard InChI is InChI=1S/C11H20N2O/c1-6-7-13-11(4,9-12)8-10(2,3)14-5/h6,13H,1,7-8H2,2-5H3. The fourth-order valence-electron chi connectivity index (χ4n) is 1.36. The first kappa shape index (κ1) is 13.2. The van der Waals surface area contributed by atoms with E-state index < -0.39 is 5.54 Å². The van der Waals surface area contributed by atoms with E-state index in [2.05, 4.69) is 18.0 Å². The number of nitriles is 1. The molecule has 0 aromatic heterocycles. The molecule has 0 spiro atoms. The second kappa shape index (κ2) is 5.14. The first-order valence-electron chi connectivity index (χ1n) is 4.71. The van der Waals surface area contributed by atoms with Gasteiger partial charge in [-0.3, -0.25) is 5.32 Å². The monoisotopic (exact) mass is 196 g/mol. The molecule has 0 bridgehead atoms. The first-order chi connectivity index (χ1) is 6.39. The van der Waals surface area contributed by atoms with E-state index in [4.69, 9.17) is 10.00 Å². The third kappa shape index (κ3) is 4.40. The number of rotatable bonds is 6. The van der Waals surface area contributed by atoms with Crippen molar-refractivity contribution in [1.82, 2.24) is 5.32 Å². The summed E-state index contributed by atoms with van der Waals surface area (Å²) in [5, 5.41) is 12.2. The minimum absolute atomic E-state index is 0.293. The van der Waals surface area contributed by atoms with Crippen molar-refractivity contribution in [2.45, 2.75) is 38.3 Å². The Bertz CT molecular complexity index is 230. The Kier molecular flexibility index (Phi) is 4.82. The van der Waals surface area contributed by atoms with Gasteiger partial charge in [0.2, 0.25) is 0 Å². The zero-order chi connectivity index (χ0) is 11.2. The Morgan fingerprint density at radius 1 is 1.50 bits per heavy atom. The number of hydrogen-bond acceptors (Lipinski definition) is 3. The summed E-state index contributed by atoms with van der Waals surface area (Å²) in [6.45, 7) is 10.1. The molecule has 0 heterocycles. The average molecular weight is 196 g/mol. The minimum atomic E-state index is -0.562. The Hall–Kier alpha value is -0.850. The number of ether oxygens (including phenoxy) is 1. The summed E-state index contributed by atoms with van der Waals surface area (Å²) in [7, 11) is 1.66. The van der Waals surface area contributed by atoms with Crippen LogP contribution < -0.4 is 5.32 Å². The van der Waals surface area contributed by atoms with Crippen molar-refractivity contribution in [1.29, 1.82) is 5.26 Å². The van der Waals surface area contributed by atoms with Crippen LogP contribution in [0.4, 0.5) is 0 Å². The van der Waals surface area contributed by atoms with E-state index in [-0.39, 0.29) is 5.60 Å². The fraction of sp³-hybridized carbons (Fsp3) is 0.727. The maximum Gasteiger partial charge on any atom is 0.106 e. The van der Waals surface area contributed by atoms with E-state index in [0.717, 1.165) is 0 Å². The summed E-state index contributed by atoms with van der Waals surface area (Å²) in [4.78, 5) is 0. The van der Waals surface area contributed by atoms with Gasteiger partial charge in [0.1, 0.15) is 5.54 Å². The van der Waals surface area contributed by atoms with Crippen molar-refractivity contribution >= 4 is 0 Å². The normalized spacial score (nSPS) is 15.6. The van der Waals surface area contributed by atoms with Crippen molar-refractivity contribution in [2.75, 3.05) is 13.7 Å². The zero-order valence-corrected chi connectivity index (χ0v) is 9.55. The summed E-state index contributed by atoms with van der Waals surface area (Å²) >= 11 is 0. The lowest BCUT2D eigenvalue weighted by Gasteiger charge is -2.32. The van der Waals surface area contributed by atoms with Crippen molar-refractivity contribution in [2.24, 2.45) is 0 Å². The zero-order valence-electron chi connectivity index (χ0n) is 9.55. The summed E-state index contributed by atoms with van der Waals surface area (Å²) in [5.41, 5.74) is -0.855. The molecule has 3 nitrogen and oxygen atoms in total. The molecule has 1 N–H and O–H groups in total. The van der Waals surface area contributed by atoms with Crippen LogP contribution in [0.15, 0.2) is 12.7 Å². The summed E-state index contributed by atoms with van der Waals surface area (Å²) in [5.74, 6) is 0. The van der Waals surface area contributed by atoms with Gasteiger partial charge in [-0.25, -0.2) is 0 Å². The molecule has 0 amide bonds. The Balaban J connectivity index is 4.40. The molecule has 0 aliphatic rings. The van der Waals surface area contributed by atoms with E-state index in [1.165, 1.54) is 0 Å². The van der Waals surface area contributed by atoms with Gasteiger partial charge in [-0.15, -0.1) is 6.58 Å². The van der Waals surface area contributed by atoms with Crippen LogP contribution in [0.3, 0.4) is 0 Å². The van der Waals surface area contributed by atoms with Crippen LogP contribution in [0, 0.1) is 11.3 Å². The van der Waals surface area contributed by atoms with Crippen LogP contribution in [0.5, 0.6) is 0 Å². The number of nitrogens with zero attached hydrogens (tertiary/aromatic N) is 1. The molecule has 1 unspecified atom stereocenters. The predicted molar refractivity (Wildman–Crippen MR) is 57.9 cm³/mol. The van der Waals surface area contributed by atoms with Gasteiger partial charge in [-0.2, -0.15) is 5.26 Å². The van der Waals surface area contributed by atoms with Crippen molar-refractivity contribution in [3.05, 3.63) is 12.7 Å². The average Bonchev–Trinajstić information content (AvgIpc) is 2.14. The molecule has 14 heavy (non-hydrogen) atoms. The molecular weight excluding hydrogens is 176 g/mol. The predicted octanol–water partition coefficient (Wildman–Crippen LogP) is 1.86. The van der Waals surface area contributed by atoms with E-state index >= 15 is 0 Å². The fourth-order valence-corrected chi connectivity index (χ4v) is 1.36. The highest BCUT2D eigenvalue weighted by Gasteiger charge is 2.31. The highest BCUT2D eigenvalue weighted by molar-refractivity contribution is 5.07. The lowest BCUT2D eigenvalue weighted by molar-refractivity contribution is 0.00156. The van der Waals surface area contributed by atoms with Gasteiger partial charge >= 0.3 is 0 Å². The molecule has 0 rings (SSSR count). The molecule has 0 radical (unpaired) electrons. The third-order valence-electron chi connectivity index (χ3n) is 2.22. The highest BCUT2D eigenvalue weighted by atomic mass is 16.5. The van der Waals surface area contributed by atoms with Crippen molar-refractivity contribution in [3.63, 3.8) is 0 Å². The van der Waals surface area contributed by atoms with Gasteiger partial charge in [-0.1, -0.05) is 6.08 Å². The highest BCUT2D eigenvalue weighted by Crippen LogP contribution is 2.22. The topological polar surface area (TPSA) is 45.0 Å². The lowest BCUT2D eigenvalue weighted by Crippen LogP contribution is -2.46. The smallest absolute Gasteiger partial charge is 0.106 e. The van der Waals surface area contributed by atoms with Crippen LogP contribution in [0.2, 0.25) is 0 Å². The lowest BCUT2D eigenvalue weighted by atomic mass is 9.89. The van der Waals surface area contributed by atoms with Gasteiger partial charge in [-0.05, 0) is 20.8 Å². The Morgan fingerprint density at radius 2 is 2.07 bits per heavy atom. The van der Waals surface area contributed by atoms with Crippen LogP contribution in [-0.4, -0.2) is 24.8 Å². The molecule has 3 heteroatoms. The van der Waals surface area contributed by atoms with Crippen molar-refractivity contribution in [3.8, 4) is 6.07 Å². The molecule has 0 aromatic carbocycles. The molecule has 1 atom stereocenters. The SMILES string of the molecule is C=CCNC(C)(C#N)CC(C)(C)OC. The largest absolute Gasteiger partial charge is 0.379 e. The summed E-state index contributed by atoms with van der Waals surface area (Å²) < 4.78 is 5.30. The number of hydrogen-bond donors (Lipinski definition) is 1. The van der Waals surface area contributed by atoms with Crippen molar-refractivity contribution < 1.29 is 4.74 Å². The molecule has 0 aliphatic carbocycles. The van der Waals surface area contributed by atoms with Gasteiger partial charge in [0.15, 0.2) is 0 Å². The maximum absolute atomic E-state index is 9.07. The molecule has 0 aromatic rings. The molecule has 80 valence electrons.